The number of thiophene rings is 2. The average molecular weight is 787 g/mol. The lowest BCUT2D eigenvalue weighted by Crippen LogP contribution is -2.61. The fourth-order valence-corrected chi connectivity index (χ4v) is 10.1. The van der Waals surface area contributed by atoms with Crippen LogP contribution in [0.4, 0.5) is 33.4 Å². The molecule has 282 valence electrons. The molecule has 2 aromatic heterocycles. The van der Waals surface area contributed by atoms with E-state index in [9.17, 15) is 17.8 Å². The molecule has 3 aliphatic heterocycles. The van der Waals surface area contributed by atoms with E-state index >= 15 is 0 Å². The average Bonchev–Trinajstić information content (AvgIpc) is 3.94. The predicted octanol–water partition coefficient (Wildman–Crippen LogP) is 12.9. The van der Waals surface area contributed by atoms with Crippen molar-refractivity contribution in [3.05, 3.63) is 118 Å². The fraction of sp³-hybridized carbons (Fsp3) is 0.320. The first kappa shape index (κ1) is 22.4. The van der Waals surface area contributed by atoms with E-state index in [0.717, 1.165) is 11.3 Å². The number of anilines is 6. The highest BCUT2D eigenvalue weighted by molar-refractivity contribution is 7.26. The van der Waals surface area contributed by atoms with Gasteiger partial charge in [0, 0.05) is 57.8 Å². The Labute approximate surface area is 363 Å². The number of ether oxygens (including phenoxy) is 1. The molecule has 7 aromatic rings. The van der Waals surface area contributed by atoms with Crippen LogP contribution < -0.4 is 30.9 Å². The third-order valence-corrected chi connectivity index (χ3v) is 13.3. The second kappa shape index (κ2) is 12.0. The van der Waals surface area contributed by atoms with E-state index in [1.165, 1.54) is 33.3 Å². The van der Waals surface area contributed by atoms with E-state index in [2.05, 4.69) is 0 Å². The molecule has 0 fully saturated rings. The van der Waals surface area contributed by atoms with Gasteiger partial charge in [-0.15, -0.1) is 22.7 Å². The summed E-state index contributed by atoms with van der Waals surface area (Å²) < 4.78 is 160. The van der Waals surface area contributed by atoms with Crippen LogP contribution in [0.15, 0.2) is 90.7 Å². The van der Waals surface area contributed by atoms with E-state index in [1.807, 2.05) is 27.7 Å². The van der Waals surface area contributed by atoms with Gasteiger partial charge in [0.2, 0.25) is 0 Å². The molecule has 0 amide bonds. The summed E-state index contributed by atoms with van der Waals surface area (Å²) in [6.07, 6.45) is 0. The minimum atomic E-state index is -2.90. The summed E-state index contributed by atoms with van der Waals surface area (Å²) in [4.78, 5) is 3.37. The molecule has 3 nitrogen and oxygen atoms in total. The standard InChI is InChI=1S/C50H51BN2OS2/c1-28(2)42-23-30-22-38-37(25-43(30)55-42)51-45-35-24-36-41(54-27-50(36,10)11)26-44(35)56-47(45)53(34-18-14-32(15-19-34)49(7,8)9)40-21-29(3)20-39(46(40)51)52(38)33-16-12-31(13-17-33)48(4,5)6/h12-26,28H,27H2,1-11H3/i3D3,12D,13D,14D,15D,16D,17D,18D,19D,22D,23D,24D,25D,26D. The summed E-state index contributed by atoms with van der Waals surface area (Å²) in [5, 5.41) is 0.588. The van der Waals surface area contributed by atoms with Gasteiger partial charge in [-0.05, 0) is 134 Å². The van der Waals surface area contributed by atoms with E-state index in [-0.39, 0.29) is 149 Å². The Kier molecular flexibility index (Phi) is 4.81. The third-order valence-electron chi connectivity index (χ3n) is 10.9. The van der Waals surface area contributed by atoms with Gasteiger partial charge in [0.05, 0.1) is 29.4 Å². The molecule has 0 radical (unpaired) electrons. The quantitative estimate of drug-likeness (QED) is 0.166. The molecule has 0 aliphatic carbocycles. The van der Waals surface area contributed by atoms with Gasteiger partial charge < -0.3 is 14.5 Å². The van der Waals surface area contributed by atoms with E-state index in [4.69, 9.17) is 8.85 Å². The Balaban J connectivity index is 1.51. The van der Waals surface area contributed by atoms with Crippen molar-refractivity contribution < 1.29 is 26.7 Å². The lowest BCUT2D eigenvalue weighted by Gasteiger charge is -2.43. The number of hydrogen-bond acceptors (Lipinski definition) is 5. The SMILES string of the molecule is [2H]c1c([2H])c(C(C)(C)C)c([2H])c([2H])c1N1c2cc(C([2H])([2H])[2H])cc3c2B(c2c(c([2H])c4c([2H])c(C(C)C)sc4c2[2H])N3c2c([2H])c([2H])c(C(C)(C)C)c([2H])c2[2H])c2c1sc1c([2H])c3c(c([2H])c21)C(C)(C)CO3. The Morgan fingerprint density at radius 2 is 1.38 bits per heavy atom. The molecule has 6 heteroatoms. The topological polar surface area (TPSA) is 15.7 Å². The molecule has 5 heterocycles. The smallest absolute Gasteiger partial charge is 0.254 e. The molecule has 0 unspecified atom stereocenters. The predicted molar refractivity (Wildman–Crippen MR) is 246 cm³/mol. The lowest BCUT2D eigenvalue weighted by molar-refractivity contribution is 0.291. The summed E-state index contributed by atoms with van der Waals surface area (Å²) in [6.45, 7) is 14.3. The van der Waals surface area contributed by atoms with Gasteiger partial charge in [-0.1, -0.05) is 93.4 Å². The van der Waals surface area contributed by atoms with Crippen molar-refractivity contribution >= 4 is 99.4 Å². The van der Waals surface area contributed by atoms with Crippen LogP contribution in [0, 0.1) is 6.85 Å². The zero-order valence-electron chi connectivity index (χ0n) is 49.1. The minimum absolute atomic E-state index is 0.000224. The first-order chi connectivity index (χ1) is 33.2. The number of aryl methyl sites for hydroxylation is 1. The van der Waals surface area contributed by atoms with Crippen LogP contribution in [-0.4, -0.2) is 13.3 Å². The van der Waals surface area contributed by atoms with Gasteiger partial charge >= 0.3 is 0 Å². The van der Waals surface area contributed by atoms with Crippen LogP contribution in [0.1, 0.15) is 124 Å². The number of rotatable bonds is 3. The second-order valence-corrected chi connectivity index (χ2v) is 20.1. The Morgan fingerprint density at radius 3 is 1.98 bits per heavy atom. The van der Waals surface area contributed by atoms with Crippen LogP contribution in [0.5, 0.6) is 5.75 Å². The number of hydrogen-bond donors (Lipinski definition) is 0. The lowest BCUT2D eigenvalue weighted by atomic mass is 9.33. The number of benzene rings is 5. The summed E-state index contributed by atoms with van der Waals surface area (Å²) in [5.74, 6) is 0.00545. The molecule has 0 spiro atoms. The third kappa shape index (κ3) is 5.35. The highest BCUT2D eigenvalue weighted by atomic mass is 32.1. The number of nitrogens with zero attached hydrogens (tertiary/aromatic N) is 2. The van der Waals surface area contributed by atoms with Crippen molar-refractivity contribution in [3.63, 3.8) is 0 Å². The maximum atomic E-state index is 10.4. The highest BCUT2D eigenvalue weighted by Crippen LogP contribution is 2.51. The first-order valence-electron chi connectivity index (χ1n) is 27.0. The molecule has 56 heavy (non-hydrogen) atoms. The second-order valence-electron chi connectivity index (χ2n) is 18.1. The van der Waals surface area contributed by atoms with E-state index < -0.39 is 54.0 Å². The molecule has 0 bridgehead atoms. The summed E-state index contributed by atoms with van der Waals surface area (Å²) >= 11 is 2.23. The van der Waals surface area contributed by atoms with Crippen LogP contribution in [0.3, 0.4) is 0 Å². The van der Waals surface area contributed by atoms with Crippen molar-refractivity contribution in [3.8, 4) is 5.75 Å². The Hall–Kier alpha value is -4.52. The molecule has 0 saturated carbocycles. The fourth-order valence-electron chi connectivity index (χ4n) is 7.88. The van der Waals surface area contributed by atoms with Gasteiger partial charge in [-0.2, -0.15) is 0 Å². The maximum absolute atomic E-state index is 10.4. The zero-order chi connectivity index (χ0) is 53.0. The zero-order valence-corrected chi connectivity index (χ0v) is 34.8. The van der Waals surface area contributed by atoms with E-state index in [1.54, 1.807) is 41.5 Å². The summed E-state index contributed by atoms with van der Waals surface area (Å²) in [7, 11) is 0. The van der Waals surface area contributed by atoms with Gasteiger partial charge in [0.15, 0.2) is 0 Å². The van der Waals surface area contributed by atoms with Gasteiger partial charge in [0.25, 0.3) is 6.71 Å². The van der Waals surface area contributed by atoms with E-state index in [0.29, 0.717) is 20.6 Å². The van der Waals surface area contributed by atoms with Crippen molar-refractivity contribution in [2.24, 2.45) is 0 Å². The molecule has 0 saturated heterocycles. The largest absolute Gasteiger partial charge is 0.492 e. The first-order valence-corrected chi connectivity index (χ1v) is 20.6. The highest BCUT2D eigenvalue weighted by Gasteiger charge is 2.46. The van der Waals surface area contributed by atoms with Crippen LogP contribution in [0.2, 0.25) is 0 Å². The van der Waals surface area contributed by atoms with Crippen LogP contribution >= 0.6 is 22.7 Å². The molecular weight excluding hydrogens is 720 g/mol. The molecular formula is C50H51BN2OS2. The molecule has 0 N–H and O–H groups in total. The van der Waals surface area contributed by atoms with Gasteiger partial charge in [-0.25, -0.2) is 0 Å². The Morgan fingerprint density at radius 1 is 0.750 bits per heavy atom. The normalized spacial score (nSPS) is 19.9. The Bertz CT molecular complexity index is 3560. The molecule has 10 rings (SSSR count). The molecule has 5 aromatic carbocycles. The molecule has 3 aliphatic rings. The van der Waals surface area contributed by atoms with Crippen LogP contribution in [0.25, 0.3) is 20.2 Å². The number of fused-ring (bicyclic) bond motifs is 8. The maximum Gasteiger partial charge on any atom is 0.254 e. The van der Waals surface area contributed by atoms with Crippen LogP contribution in [-0.2, 0) is 16.2 Å². The van der Waals surface area contributed by atoms with Crippen molar-refractivity contribution in [1.29, 1.82) is 0 Å². The van der Waals surface area contributed by atoms with Crippen molar-refractivity contribution in [2.75, 3.05) is 16.4 Å². The van der Waals surface area contributed by atoms with Gasteiger partial charge in [0.1, 0.15) is 5.75 Å². The minimum Gasteiger partial charge on any atom is -0.492 e. The van der Waals surface area contributed by atoms with Crippen molar-refractivity contribution in [2.45, 2.75) is 98.3 Å². The van der Waals surface area contributed by atoms with Crippen molar-refractivity contribution in [1.82, 2.24) is 0 Å². The van der Waals surface area contributed by atoms with Gasteiger partial charge in [-0.3, -0.25) is 0 Å². The summed E-state index contributed by atoms with van der Waals surface area (Å²) in [5.41, 5.74) is -2.13. The molecule has 0 atom stereocenters. The monoisotopic (exact) mass is 786 g/mol. The summed E-state index contributed by atoms with van der Waals surface area (Å²) in [6, 6.07) is -1.10.